The van der Waals surface area contributed by atoms with Crippen LogP contribution in [0.1, 0.15) is 23.7 Å². The number of hydrogen-bond donors (Lipinski definition) is 3. The predicted molar refractivity (Wildman–Crippen MR) is 62.5 cm³/mol. The van der Waals surface area contributed by atoms with E-state index in [1.807, 2.05) is 0 Å². The van der Waals surface area contributed by atoms with E-state index in [0.717, 1.165) is 12.1 Å². The first-order valence-corrected chi connectivity index (χ1v) is 6.21. The quantitative estimate of drug-likeness (QED) is 0.744. The monoisotopic (exact) mass is 328 g/mol. The summed E-state index contributed by atoms with van der Waals surface area (Å²) in [6.07, 6.45) is -7.11. The van der Waals surface area contributed by atoms with Gasteiger partial charge in [-0.05, 0) is 24.1 Å². The first-order chi connectivity index (χ1) is 8.27. The summed E-state index contributed by atoms with van der Waals surface area (Å²) in [5.41, 5.74) is -1.32. The molecule has 0 fully saturated rings. The van der Waals surface area contributed by atoms with Crippen LogP contribution >= 0.6 is 15.9 Å². The number of hydrogen-bond acceptors (Lipinski definition) is 3. The number of aliphatic hydroxyl groups is 2. The number of rotatable bonds is 4. The van der Waals surface area contributed by atoms with E-state index in [0.29, 0.717) is 11.4 Å². The van der Waals surface area contributed by atoms with Crippen molar-refractivity contribution >= 4 is 15.9 Å². The number of aliphatic hydroxyl groups excluding tert-OH is 2. The normalized spacial score (nSPS) is 15.4. The maximum absolute atomic E-state index is 12.5. The maximum Gasteiger partial charge on any atom is 0.419 e. The molecule has 0 aliphatic rings. The summed E-state index contributed by atoms with van der Waals surface area (Å²) < 4.78 is 37.6. The first kappa shape index (κ1) is 15.3. The zero-order chi connectivity index (χ0) is 13.9. The third-order valence-corrected chi connectivity index (χ3v) is 2.89. The van der Waals surface area contributed by atoms with Crippen LogP contribution in [0.15, 0.2) is 18.2 Å². The number of alkyl halides is 4. The second kappa shape index (κ2) is 5.90. The lowest BCUT2D eigenvalue weighted by atomic mass is 10.00. The molecule has 0 saturated heterocycles. The SMILES string of the molecule is Oc1ccc(C(O)C(O)CCBr)cc1C(F)(F)F. The summed E-state index contributed by atoms with van der Waals surface area (Å²) in [6.45, 7) is 0. The molecule has 0 bridgehead atoms. The molecular formula is C11H12BrF3O3. The Balaban J connectivity index is 3.05. The molecule has 18 heavy (non-hydrogen) atoms. The number of phenols is 1. The molecular weight excluding hydrogens is 317 g/mol. The molecule has 0 spiro atoms. The third kappa shape index (κ3) is 3.60. The number of halogens is 4. The van der Waals surface area contributed by atoms with Gasteiger partial charge in [0.05, 0.1) is 11.7 Å². The van der Waals surface area contributed by atoms with Gasteiger partial charge in [0, 0.05) is 5.33 Å². The topological polar surface area (TPSA) is 60.7 Å². The highest BCUT2D eigenvalue weighted by molar-refractivity contribution is 9.09. The molecule has 0 amide bonds. The van der Waals surface area contributed by atoms with Gasteiger partial charge in [0.25, 0.3) is 0 Å². The maximum atomic E-state index is 12.5. The summed E-state index contributed by atoms with van der Waals surface area (Å²) in [5, 5.41) is 28.7. The van der Waals surface area contributed by atoms with Gasteiger partial charge in [-0.2, -0.15) is 13.2 Å². The number of phenolic OH excluding ortho intramolecular Hbond substituents is 1. The van der Waals surface area contributed by atoms with Crippen LogP contribution in [0.3, 0.4) is 0 Å². The molecule has 1 rings (SSSR count). The summed E-state index contributed by atoms with van der Waals surface area (Å²) >= 11 is 3.06. The average molecular weight is 329 g/mol. The van der Waals surface area contributed by atoms with Crippen molar-refractivity contribution in [2.45, 2.75) is 24.8 Å². The van der Waals surface area contributed by atoms with Crippen molar-refractivity contribution in [3.05, 3.63) is 29.3 Å². The van der Waals surface area contributed by atoms with Crippen molar-refractivity contribution in [2.24, 2.45) is 0 Å². The minimum absolute atomic E-state index is 0.0893. The molecule has 0 heterocycles. The van der Waals surface area contributed by atoms with Crippen molar-refractivity contribution in [2.75, 3.05) is 5.33 Å². The third-order valence-electron chi connectivity index (χ3n) is 2.44. The Morgan fingerprint density at radius 2 is 1.83 bits per heavy atom. The van der Waals surface area contributed by atoms with E-state index in [2.05, 4.69) is 15.9 Å². The zero-order valence-electron chi connectivity index (χ0n) is 9.15. The largest absolute Gasteiger partial charge is 0.507 e. The Kier molecular flexibility index (Phi) is 5.01. The summed E-state index contributed by atoms with van der Waals surface area (Å²) in [4.78, 5) is 0. The van der Waals surface area contributed by atoms with E-state index in [1.54, 1.807) is 0 Å². The van der Waals surface area contributed by atoms with E-state index in [1.165, 1.54) is 0 Å². The Morgan fingerprint density at radius 3 is 2.33 bits per heavy atom. The fraction of sp³-hybridized carbons (Fsp3) is 0.455. The lowest BCUT2D eigenvalue weighted by molar-refractivity contribution is -0.138. The van der Waals surface area contributed by atoms with Crippen molar-refractivity contribution in [1.29, 1.82) is 0 Å². The van der Waals surface area contributed by atoms with Gasteiger partial charge in [-0.3, -0.25) is 0 Å². The van der Waals surface area contributed by atoms with Crippen LogP contribution in [-0.4, -0.2) is 26.8 Å². The van der Waals surface area contributed by atoms with Gasteiger partial charge >= 0.3 is 6.18 Å². The van der Waals surface area contributed by atoms with Crippen LogP contribution in [0.4, 0.5) is 13.2 Å². The van der Waals surface area contributed by atoms with Gasteiger partial charge < -0.3 is 15.3 Å². The van der Waals surface area contributed by atoms with Gasteiger partial charge in [0.1, 0.15) is 11.9 Å². The molecule has 2 atom stereocenters. The summed E-state index contributed by atoms with van der Waals surface area (Å²) in [6, 6.07) is 2.63. The van der Waals surface area contributed by atoms with Gasteiger partial charge in [0.2, 0.25) is 0 Å². The van der Waals surface area contributed by atoms with Crippen molar-refractivity contribution in [1.82, 2.24) is 0 Å². The Hall–Kier alpha value is -0.790. The van der Waals surface area contributed by atoms with Crippen molar-refractivity contribution in [3.8, 4) is 5.75 Å². The van der Waals surface area contributed by atoms with E-state index in [-0.39, 0.29) is 12.0 Å². The standard InChI is InChI=1S/C11H12BrF3O3/c12-4-3-9(17)10(18)6-1-2-8(16)7(5-6)11(13,14)15/h1-2,5,9-10,16-18H,3-4H2. The summed E-state index contributed by atoms with van der Waals surface area (Å²) in [7, 11) is 0. The van der Waals surface area contributed by atoms with E-state index >= 15 is 0 Å². The average Bonchev–Trinajstić information content (AvgIpc) is 2.27. The molecule has 0 aliphatic heterocycles. The molecule has 1 aromatic carbocycles. The lowest BCUT2D eigenvalue weighted by Crippen LogP contribution is -2.19. The van der Waals surface area contributed by atoms with E-state index in [9.17, 15) is 23.4 Å². The van der Waals surface area contributed by atoms with Crippen LogP contribution in [0, 0.1) is 0 Å². The fourth-order valence-corrected chi connectivity index (χ4v) is 1.93. The minimum Gasteiger partial charge on any atom is -0.507 e. The summed E-state index contributed by atoms with van der Waals surface area (Å²) in [5.74, 6) is -0.909. The highest BCUT2D eigenvalue weighted by Crippen LogP contribution is 2.37. The minimum atomic E-state index is -4.71. The first-order valence-electron chi connectivity index (χ1n) is 5.09. The zero-order valence-corrected chi connectivity index (χ0v) is 10.7. The molecule has 7 heteroatoms. The number of benzene rings is 1. The Labute approximate surface area is 110 Å². The highest BCUT2D eigenvalue weighted by atomic mass is 79.9. The molecule has 0 saturated carbocycles. The van der Waals surface area contributed by atoms with Crippen LogP contribution in [-0.2, 0) is 6.18 Å². The molecule has 3 N–H and O–H groups in total. The van der Waals surface area contributed by atoms with Gasteiger partial charge in [-0.25, -0.2) is 0 Å². The van der Waals surface area contributed by atoms with Gasteiger partial charge in [-0.1, -0.05) is 22.0 Å². The molecule has 3 nitrogen and oxygen atoms in total. The van der Waals surface area contributed by atoms with Crippen molar-refractivity contribution < 1.29 is 28.5 Å². The highest BCUT2D eigenvalue weighted by Gasteiger charge is 2.34. The second-order valence-electron chi connectivity index (χ2n) is 3.76. The van der Waals surface area contributed by atoms with Gasteiger partial charge in [0.15, 0.2) is 0 Å². The Bertz CT molecular complexity index is 409. The predicted octanol–water partition coefficient (Wildman–Crippen LogP) is 2.59. The van der Waals surface area contributed by atoms with E-state index < -0.39 is 29.7 Å². The fourth-order valence-electron chi connectivity index (χ4n) is 1.46. The second-order valence-corrected chi connectivity index (χ2v) is 4.56. The van der Waals surface area contributed by atoms with Gasteiger partial charge in [-0.15, -0.1) is 0 Å². The van der Waals surface area contributed by atoms with E-state index in [4.69, 9.17) is 5.11 Å². The van der Waals surface area contributed by atoms with Crippen molar-refractivity contribution in [3.63, 3.8) is 0 Å². The van der Waals surface area contributed by atoms with Crippen LogP contribution < -0.4 is 0 Å². The Morgan fingerprint density at radius 1 is 1.22 bits per heavy atom. The number of aromatic hydroxyl groups is 1. The molecule has 0 radical (unpaired) electrons. The smallest absolute Gasteiger partial charge is 0.419 e. The molecule has 2 unspecified atom stereocenters. The van der Waals surface area contributed by atoms with Crippen LogP contribution in [0.25, 0.3) is 0 Å². The molecule has 1 aromatic rings. The molecule has 0 aromatic heterocycles. The molecule has 0 aliphatic carbocycles. The molecule has 102 valence electrons. The lowest BCUT2D eigenvalue weighted by Gasteiger charge is -2.19. The van der Waals surface area contributed by atoms with Crippen LogP contribution in [0.5, 0.6) is 5.75 Å². The van der Waals surface area contributed by atoms with Crippen LogP contribution in [0.2, 0.25) is 0 Å².